The van der Waals surface area contributed by atoms with Gasteiger partial charge in [0.2, 0.25) is 0 Å². The molecule has 1 aromatic carbocycles. The van der Waals surface area contributed by atoms with Crippen LogP contribution in [0.4, 0.5) is 0 Å². The molecule has 1 nitrogen and oxygen atoms in total. The van der Waals surface area contributed by atoms with Crippen LogP contribution in [-0.4, -0.2) is 4.98 Å². The second-order valence-corrected chi connectivity index (χ2v) is 3.43. The molecule has 0 fully saturated rings. The largest absolute Gasteiger partial charge is 0.263 e. The zero-order valence-electron chi connectivity index (χ0n) is 7.52. The minimum Gasteiger partial charge on any atom is -0.263 e. The molecule has 0 aliphatic rings. The van der Waals surface area contributed by atoms with Gasteiger partial charge >= 0.3 is 0 Å². The highest BCUT2D eigenvalue weighted by Gasteiger charge is 1.97. The van der Waals surface area contributed by atoms with Crippen LogP contribution >= 0.6 is 11.6 Å². The van der Waals surface area contributed by atoms with E-state index >= 15 is 0 Å². The van der Waals surface area contributed by atoms with Gasteiger partial charge < -0.3 is 0 Å². The van der Waals surface area contributed by atoms with Crippen LogP contribution in [-0.2, 0) is 0 Å². The summed E-state index contributed by atoms with van der Waals surface area (Å²) in [6, 6.07) is 12.0. The molecule has 0 aliphatic heterocycles. The van der Waals surface area contributed by atoms with Gasteiger partial charge in [-0.15, -0.1) is 0 Å². The number of nitrogens with zero attached hydrogens (tertiary/aromatic N) is 1. The monoisotopic (exact) mass is 202 g/mol. The topological polar surface area (TPSA) is 12.9 Å². The fourth-order valence-corrected chi connectivity index (χ4v) is 1.43. The van der Waals surface area contributed by atoms with Gasteiger partial charge in [0.05, 0.1) is 5.02 Å². The Labute approximate surface area is 88.4 Å². The Morgan fingerprint density at radius 3 is 2.50 bits per heavy atom. The Morgan fingerprint density at radius 1 is 1.00 bits per heavy atom. The van der Waals surface area contributed by atoms with E-state index in [4.69, 9.17) is 11.6 Å². The van der Waals surface area contributed by atoms with E-state index in [2.05, 4.69) is 4.98 Å². The van der Waals surface area contributed by atoms with Gasteiger partial charge in [0.15, 0.2) is 0 Å². The number of hydrogen-bond donors (Lipinski definition) is 0. The van der Waals surface area contributed by atoms with E-state index in [9.17, 15) is 0 Å². The summed E-state index contributed by atoms with van der Waals surface area (Å²) in [5.41, 5.74) is 2.17. The number of benzene rings is 1. The molecule has 69 valence electrons. The highest BCUT2D eigenvalue weighted by Crippen LogP contribution is 2.14. The molecule has 2 heteroatoms. The maximum atomic E-state index is 5.83. The van der Waals surface area contributed by atoms with Crippen molar-refractivity contribution < 1.29 is 0 Å². The van der Waals surface area contributed by atoms with Gasteiger partial charge in [-0.3, -0.25) is 4.98 Å². The first kappa shape index (κ1) is 9.22. The molecule has 2 rings (SSSR count). The van der Waals surface area contributed by atoms with Gasteiger partial charge in [-0.05, 0) is 17.2 Å². The molecule has 0 saturated carbocycles. The molecule has 2 aromatic rings. The third-order valence-electron chi connectivity index (χ3n) is 1.86. The van der Waals surface area contributed by atoms with E-state index in [1.807, 2.05) is 42.8 Å². The quantitative estimate of drug-likeness (QED) is 0.728. The van der Waals surface area contributed by atoms with Crippen molar-refractivity contribution >= 4 is 11.6 Å². The molecular formula is C12H9ClN. The third kappa shape index (κ3) is 2.33. The zero-order chi connectivity index (χ0) is 9.80. The minimum atomic E-state index is 0.662. The second kappa shape index (κ2) is 4.25. The van der Waals surface area contributed by atoms with Crippen LogP contribution in [0.5, 0.6) is 0 Å². The predicted molar refractivity (Wildman–Crippen MR) is 58.2 cm³/mol. The summed E-state index contributed by atoms with van der Waals surface area (Å²) in [5, 5.41) is 0.662. The number of halogens is 1. The summed E-state index contributed by atoms with van der Waals surface area (Å²) < 4.78 is 0. The first-order chi connectivity index (χ1) is 6.84. The van der Waals surface area contributed by atoms with E-state index in [1.54, 1.807) is 12.4 Å². The Kier molecular flexibility index (Phi) is 2.80. The molecule has 1 radical (unpaired) electrons. The summed E-state index contributed by atoms with van der Waals surface area (Å²) in [6.45, 7) is 0. The standard InChI is InChI=1S/C12H9ClN/c13-12-7-11(8-14-9-12)6-10-4-2-1-3-5-10/h1-9H. The Balaban J connectivity index is 2.19. The van der Waals surface area contributed by atoms with E-state index < -0.39 is 0 Å². The summed E-state index contributed by atoms with van der Waals surface area (Å²) in [5.74, 6) is 0. The smallest absolute Gasteiger partial charge is 0.0592 e. The highest BCUT2D eigenvalue weighted by atomic mass is 35.5. The van der Waals surface area contributed by atoms with Crippen LogP contribution in [0, 0.1) is 6.42 Å². The van der Waals surface area contributed by atoms with Crippen molar-refractivity contribution in [2.24, 2.45) is 0 Å². The van der Waals surface area contributed by atoms with Gasteiger partial charge in [0, 0.05) is 18.8 Å². The van der Waals surface area contributed by atoms with Crippen LogP contribution in [0.25, 0.3) is 0 Å². The fraction of sp³-hybridized carbons (Fsp3) is 0. The van der Waals surface area contributed by atoms with Gasteiger partial charge in [0.1, 0.15) is 0 Å². The number of rotatable bonds is 2. The van der Waals surface area contributed by atoms with Crippen LogP contribution in [0.2, 0.25) is 5.02 Å². The van der Waals surface area contributed by atoms with Crippen LogP contribution in [0.3, 0.4) is 0 Å². The maximum absolute atomic E-state index is 5.83. The Bertz CT molecular complexity index is 412. The predicted octanol–water partition coefficient (Wildman–Crippen LogP) is 3.34. The molecule has 0 spiro atoms. The lowest BCUT2D eigenvalue weighted by molar-refractivity contribution is 1.28. The van der Waals surface area contributed by atoms with Gasteiger partial charge in [-0.1, -0.05) is 41.9 Å². The molecule has 0 amide bonds. The first-order valence-corrected chi connectivity index (χ1v) is 4.73. The number of hydrogen-bond acceptors (Lipinski definition) is 1. The van der Waals surface area contributed by atoms with Crippen LogP contribution < -0.4 is 0 Å². The highest BCUT2D eigenvalue weighted by molar-refractivity contribution is 6.30. The van der Waals surface area contributed by atoms with Crippen molar-refractivity contribution in [3.8, 4) is 0 Å². The summed E-state index contributed by atoms with van der Waals surface area (Å²) >= 11 is 5.83. The van der Waals surface area contributed by atoms with E-state index in [-0.39, 0.29) is 0 Å². The normalized spacial score (nSPS) is 10.1. The molecule has 1 aromatic heterocycles. The van der Waals surface area contributed by atoms with E-state index in [1.165, 1.54) is 0 Å². The molecule has 0 N–H and O–H groups in total. The lowest BCUT2D eigenvalue weighted by atomic mass is 10.1. The van der Waals surface area contributed by atoms with Crippen LogP contribution in [0.15, 0.2) is 48.8 Å². The van der Waals surface area contributed by atoms with E-state index in [0.29, 0.717) is 5.02 Å². The fourth-order valence-electron chi connectivity index (χ4n) is 1.25. The Hall–Kier alpha value is -1.34. The van der Waals surface area contributed by atoms with Crippen molar-refractivity contribution in [2.75, 3.05) is 0 Å². The zero-order valence-corrected chi connectivity index (χ0v) is 8.28. The number of pyridine rings is 1. The molecule has 0 atom stereocenters. The minimum absolute atomic E-state index is 0.662. The van der Waals surface area contributed by atoms with Crippen molar-refractivity contribution in [2.45, 2.75) is 0 Å². The second-order valence-electron chi connectivity index (χ2n) is 2.99. The summed E-state index contributed by atoms with van der Waals surface area (Å²) in [4.78, 5) is 4.02. The van der Waals surface area contributed by atoms with Crippen molar-refractivity contribution in [3.05, 3.63) is 71.4 Å². The first-order valence-electron chi connectivity index (χ1n) is 4.35. The summed E-state index contributed by atoms with van der Waals surface area (Å²) in [6.07, 6.45) is 5.46. The molecule has 0 aliphatic carbocycles. The van der Waals surface area contributed by atoms with Crippen molar-refractivity contribution in [1.82, 2.24) is 4.98 Å². The molecular weight excluding hydrogens is 194 g/mol. The SMILES string of the molecule is Clc1cncc([CH]c2ccccc2)c1. The molecule has 14 heavy (non-hydrogen) atoms. The third-order valence-corrected chi connectivity index (χ3v) is 2.07. The molecule has 0 unspecified atom stereocenters. The van der Waals surface area contributed by atoms with Crippen molar-refractivity contribution in [1.29, 1.82) is 0 Å². The van der Waals surface area contributed by atoms with Gasteiger partial charge in [0.25, 0.3) is 0 Å². The van der Waals surface area contributed by atoms with Gasteiger partial charge in [-0.2, -0.15) is 0 Å². The lowest BCUT2D eigenvalue weighted by Crippen LogP contribution is -1.85. The van der Waals surface area contributed by atoms with E-state index in [0.717, 1.165) is 11.1 Å². The molecule has 1 heterocycles. The number of aromatic nitrogens is 1. The summed E-state index contributed by atoms with van der Waals surface area (Å²) in [7, 11) is 0. The average molecular weight is 203 g/mol. The van der Waals surface area contributed by atoms with Crippen LogP contribution in [0.1, 0.15) is 11.1 Å². The van der Waals surface area contributed by atoms with Gasteiger partial charge in [-0.25, -0.2) is 0 Å². The Morgan fingerprint density at radius 2 is 1.79 bits per heavy atom. The lowest BCUT2D eigenvalue weighted by Gasteiger charge is -2.00. The molecule has 0 bridgehead atoms. The average Bonchev–Trinajstić information content (AvgIpc) is 2.19. The maximum Gasteiger partial charge on any atom is 0.0592 e. The molecule has 0 saturated heterocycles. The van der Waals surface area contributed by atoms with Crippen molar-refractivity contribution in [3.63, 3.8) is 0 Å².